The van der Waals surface area contributed by atoms with Crippen molar-refractivity contribution < 1.29 is 5.11 Å². The highest BCUT2D eigenvalue weighted by molar-refractivity contribution is 7.98. The zero-order chi connectivity index (χ0) is 11.3. The summed E-state index contributed by atoms with van der Waals surface area (Å²) in [4.78, 5) is 13.2. The van der Waals surface area contributed by atoms with Gasteiger partial charge in [0.15, 0.2) is 0 Å². The highest BCUT2D eigenvalue weighted by Crippen LogP contribution is 1.98. The standard InChI is InChI=1S/C8H14N4O2S/c1-15-3-2-6(9)4-10-12-5-7(13)11-8(12)14/h4-6,13H,2-3,9H2,1H3,(H,11,14)/t6-/m0/s1. The van der Waals surface area contributed by atoms with Gasteiger partial charge >= 0.3 is 5.69 Å². The largest absolute Gasteiger partial charge is 0.493 e. The zero-order valence-corrected chi connectivity index (χ0v) is 9.20. The number of nitrogens with two attached hydrogens (primary N) is 1. The first-order valence-electron chi connectivity index (χ1n) is 4.43. The maximum absolute atomic E-state index is 11.1. The second kappa shape index (κ2) is 5.62. The van der Waals surface area contributed by atoms with E-state index in [1.807, 2.05) is 6.26 Å². The monoisotopic (exact) mass is 230 g/mol. The summed E-state index contributed by atoms with van der Waals surface area (Å²) in [6.45, 7) is 0. The zero-order valence-electron chi connectivity index (χ0n) is 8.38. The number of aromatic nitrogens is 2. The van der Waals surface area contributed by atoms with Crippen LogP contribution in [0.5, 0.6) is 5.88 Å². The van der Waals surface area contributed by atoms with Crippen LogP contribution in [0.25, 0.3) is 0 Å². The molecular formula is C8H14N4O2S. The number of nitrogens with zero attached hydrogens (tertiary/aromatic N) is 2. The van der Waals surface area contributed by atoms with Crippen molar-refractivity contribution in [3.8, 4) is 5.88 Å². The lowest BCUT2D eigenvalue weighted by Gasteiger charge is -2.02. The highest BCUT2D eigenvalue weighted by Gasteiger charge is 2.00. The molecule has 1 atom stereocenters. The molecule has 0 saturated heterocycles. The molecule has 7 heteroatoms. The molecular weight excluding hydrogens is 216 g/mol. The van der Waals surface area contributed by atoms with E-state index in [2.05, 4.69) is 10.1 Å². The van der Waals surface area contributed by atoms with Crippen molar-refractivity contribution >= 4 is 18.0 Å². The average molecular weight is 230 g/mol. The third kappa shape index (κ3) is 3.80. The fourth-order valence-corrected chi connectivity index (χ4v) is 1.45. The summed E-state index contributed by atoms with van der Waals surface area (Å²) in [7, 11) is 0. The van der Waals surface area contributed by atoms with Crippen molar-refractivity contribution in [2.45, 2.75) is 12.5 Å². The van der Waals surface area contributed by atoms with Crippen molar-refractivity contribution in [1.29, 1.82) is 0 Å². The number of imidazole rings is 1. The molecule has 0 aliphatic carbocycles. The molecule has 84 valence electrons. The Morgan fingerprint density at radius 1 is 1.87 bits per heavy atom. The summed E-state index contributed by atoms with van der Waals surface area (Å²) in [5.74, 6) is 0.732. The van der Waals surface area contributed by atoms with Crippen LogP contribution in [0.1, 0.15) is 6.42 Å². The summed E-state index contributed by atoms with van der Waals surface area (Å²) < 4.78 is 1.01. The lowest BCUT2D eigenvalue weighted by Crippen LogP contribution is -2.23. The SMILES string of the molecule is CSCC[C@H](N)C=Nn1cc(O)[nH]c1=O. The topological polar surface area (TPSA) is 96.4 Å². The third-order valence-corrected chi connectivity index (χ3v) is 2.37. The highest BCUT2D eigenvalue weighted by atomic mass is 32.2. The fourth-order valence-electron chi connectivity index (χ4n) is 0.945. The van der Waals surface area contributed by atoms with Gasteiger partial charge in [-0.2, -0.15) is 21.5 Å². The van der Waals surface area contributed by atoms with Crippen molar-refractivity contribution in [3.63, 3.8) is 0 Å². The van der Waals surface area contributed by atoms with Crippen LogP contribution in [-0.4, -0.2) is 39.0 Å². The van der Waals surface area contributed by atoms with Crippen LogP contribution in [0.15, 0.2) is 16.1 Å². The molecule has 0 spiro atoms. The van der Waals surface area contributed by atoms with E-state index in [4.69, 9.17) is 10.8 Å². The van der Waals surface area contributed by atoms with Gasteiger partial charge in [-0.25, -0.2) is 4.79 Å². The number of rotatable bonds is 5. The minimum absolute atomic E-state index is 0.179. The first kappa shape index (κ1) is 11.9. The van der Waals surface area contributed by atoms with E-state index in [-0.39, 0.29) is 11.9 Å². The Morgan fingerprint density at radius 3 is 3.13 bits per heavy atom. The first-order chi connectivity index (χ1) is 7.13. The number of aromatic amines is 1. The Labute approximate surface area is 91.2 Å². The Hall–Kier alpha value is -1.21. The molecule has 6 nitrogen and oxygen atoms in total. The van der Waals surface area contributed by atoms with E-state index >= 15 is 0 Å². The van der Waals surface area contributed by atoms with Crippen molar-refractivity contribution in [2.24, 2.45) is 10.8 Å². The molecule has 0 amide bonds. The van der Waals surface area contributed by atoms with Crippen LogP contribution in [0, 0.1) is 0 Å². The molecule has 0 aromatic carbocycles. The summed E-state index contributed by atoms with van der Waals surface area (Å²) >= 11 is 1.70. The Kier molecular flexibility index (Phi) is 4.44. The van der Waals surface area contributed by atoms with Crippen molar-refractivity contribution in [1.82, 2.24) is 9.66 Å². The van der Waals surface area contributed by atoms with E-state index in [0.29, 0.717) is 0 Å². The van der Waals surface area contributed by atoms with Gasteiger partial charge in [0.2, 0.25) is 5.88 Å². The molecule has 15 heavy (non-hydrogen) atoms. The van der Waals surface area contributed by atoms with E-state index in [0.717, 1.165) is 16.8 Å². The minimum Gasteiger partial charge on any atom is -0.493 e. The van der Waals surface area contributed by atoms with Crippen LogP contribution in [0.2, 0.25) is 0 Å². The average Bonchev–Trinajstić information content (AvgIpc) is 2.51. The van der Waals surface area contributed by atoms with Crippen LogP contribution in [0.4, 0.5) is 0 Å². The van der Waals surface area contributed by atoms with Gasteiger partial charge in [-0.1, -0.05) is 0 Å². The molecule has 1 aromatic heterocycles. The molecule has 0 unspecified atom stereocenters. The number of H-pyrrole nitrogens is 1. The van der Waals surface area contributed by atoms with Gasteiger partial charge in [-0.15, -0.1) is 0 Å². The first-order valence-corrected chi connectivity index (χ1v) is 5.82. The molecule has 0 radical (unpaired) electrons. The minimum atomic E-state index is -0.485. The predicted octanol–water partition coefficient (Wildman–Crippen LogP) is -0.204. The number of aromatic hydroxyl groups is 1. The van der Waals surface area contributed by atoms with Crippen molar-refractivity contribution in [2.75, 3.05) is 12.0 Å². The van der Waals surface area contributed by atoms with Crippen LogP contribution < -0.4 is 11.4 Å². The maximum atomic E-state index is 11.1. The maximum Gasteiger partial charge on any atom is 0.349 e. The normalized spacial score (nSPS) is 13.5. The smallest absolute Gasteiger partial charge is 0.349 e. The van der Waals surface area contributed by atoms with Crippen molar-refractivity contribution in [3.05, 3.63) is 16.7 Å². The van der Waals surface area contributed by atoms with Gasteiger partial charge in [0.25, 0.3) is 0 Å². The third-order valence-electron chi connectivity index (χ3n) is 1.73. The lowest BCUT2D eigenvalue weighted by molar-refractivity contribution is 0.455. The molecule has 0 aliphatic heterocycles. The molecule has 1 rings (SSSR count). The fraction of sp³-hybridized carbons (Fsp3) is 0.500. The second-order valence-electron chi connectivity index (χ2n) is 3.00. The number of hydrogen-bond acceptors (Lipinski definition) is 5. The van der Waals surface area contributed by atoms with Crippen LogP contribution >= 0.6 is 11.8 Å². The van der Waals surface area contributed by atoms with Crippen LogP contribution in [0.3, 0.4) is 0 Å². The summed E-state index contributed by atoms with van der Waals surface area (Å²) in [5, 5.41) is 12.8. The summed E-state index contributed by atoms with van der Waals surface area (Å²) in [6, 6.07) is -0.179. The Bertz CT molecular complexity index is 384. The number of hydrogen-bond donors (Lipinski definition) is 3. The molecule has 0 fully saturated rings. The predicted molar refractivity (Wildman–Crippen MR) is 61.6 cm³/mol. The Balaban J connectivity index is 2.57. The van der Waals surface area contributed by atoms with Crippen LogP contribution in [-0.2, 0) is 0 Å². The van der Waals surface area contributed by atoms with Gasteiger partial charge in [0.1, 0.15) is 0 Å². The Morgan fingerprint density at radius 2 is 2.60 bits per heavy atom. The summed E-state index contributed by atoms with van der Waals surface area (Å²) in [5.41, 5.74) is 5.23. The van der Waals surface area contributed by atoms with E-state index in [1.165, 1.54) is 12.4 Å². The second-order valence-corrected chi connectivity index (χ2v) is 3.98. The van der Waals surface area contributed by atoms with Gasteiger partial charge in [0, 0.05) is 12.3 Å². The summed E-state index contributed by atoms with van der Waals surface area (Å²) in [6.07, 6.45) is 5.49. The van der Waals surface area contributed by atoms with Gasteiger partial charge in [-0.3, -0.25) is 4.98 Å². The van der Waals surface area contributed by atoms with Gasteiger partial charge in [0.05, 0.1) is 6.20 Å². The van der Waals surface area contributed by atoms with E-state index in [9.17, 15) is 4.79 Å². The van der Waals surface area contributed by atoms with E-state index < -0.39 is 5.69 Å². The quantitative estimate of drug-likeness (QED) is 0.610. The molecule has 0 saturated carbocycles. The molecule has 0 bridgehead atoms. The van der Waals surface area contributed by atoms with E-state index in [1.54, 1.807) is 11.8 Å². The van der Waals surface area contributed by atoms with Gasteiger partial charge in [-0.05, 0) is 18.4 Å². The number of nitrogens with one attached hydrogen (secondary N) is 1. The molecule has 4 N–H and O–H groups in total. The van der Waals surface area contributed by atoms with Gasteiger partial charge < -0.3 is 10.8 Å². The molecule has 1 heterocycles. The molecule has 1 aromatic rings. The molecule has 0 aliphatic rings. The number of thioether (sulfide) groups is 1. The lowest BCUT2D eigenvalue weighted by atomic mass is 10.3.